The highest BCUT2D eigenvalue weighted by Gasteiger charge is 2.12. The standard InChI is InChI=1S/C25H21Br2N3O5/c1-2-34-21-9-6-16(7-10-21)25(33)35-22-11-8-20(27)13-18(22)14-29-30-23(31)15-28-24(32)17-4-3-5-19(26)12-17/h3-14H,2,15H2,1H3,(H,28,32)(H,30,31). The van der Waals surface area contributed by atoms with Gasteiger partial charge < -0.3 is 14.8 Å². The van der Waals surface area contributed by atoms with Crippen LogP contribution in [0.5, 0.6) is 11.5 Å². The van der Waals surface area contributed by atoms with Gasteiger partial charge in [-0.1, -0.05) is 37.9 Å². The van der Waals surface area contributed by atoms with Crippen molar-refractivity contribution in [2.24, 2.45) is 5.10 Å². The summed E-state index contributed by atoms with van der Waals surface area (Å²) in [5, 5.41) is 6.43. The second kappa shape index (κ2) is 12.8. The number of hydrazone groups is 1. The van der Waals surface area contributed by atoms with Gasteiger partial charge in [-0.15, -0.1) is 0 Å². The fraction of sp³-hybridized carbons (Fsp3) is 0.120. The normalized spacial score (nSPS) is 10.6. The summed E-state index contributed by atoms with van der Waals surface area (Å²) < 4.78 is 12.4. The third kappa shape index (κ3) is 8.04. The van der Waals surface area contributed by atoms with E-state index in [1.165, 1.54) is 6.21 Å². The minimum atomic E-state index is -0.552. The summed E-state index contributed by atoms with van der Waals surface area (Å²) in [6.45, 7) is 2.14. The van der Waals surface area contributed by atoms with Crippen molar-refractivity contribution in [3.8, 4) is 11.5 Å². The molecule has 8 nitrogen and oxygen atoms in total. The molecule has 0 aliphatic heterocycles. The summed E-state index contributed by atoms with van der Waals surface area (Å²) in [5.41, 5.74) is 3.57. The number of halogens is 2. The van der Waals surface area contributed by atoms with Crippen LogP contribution in [-0.4, -0.2) is 37.1 Å². The average molecular weight is 603 g/mol. The molecule has 35 heavy (non-hydrogen) atoms. The Morgan fingerprint density at radius 1 is 0.943 bits per heavy atom. The topological polar surface area (TPSA) is 106 Å². The fourth-order valence-corrected chi connectivity index (χ4v) is 3.61. The third-order valence-electron chi connectivity index (χ3n) is 4.46. The lowest BCUT2D eigenvalue weighted by Gasteiger charge is -2.09. The van der Waals surface area contributed by atoms with E-state index in [1.807, 2.05) is 6.92 Å². The van der Waals surface area contributed by atoms with Gasteiger partial charge in [-0.2, -0.15) is 5.10 Å². The zero-order chi connectivity index (χ0) is 25.2. The highest BCUT2D eigenvalue weighted by molar-refractivity contribution is 9.10. The van der Waals surface area contributed by atoms with Crippen molar-refractivity contribution in [3.05, 3.63) is 92.4 Å². The van der Waals surface area contributed by atoms with E-state index >= 15 is 0 Å². The Morgan fingerprint density at radius 3 is 2.40 bits per heavy atom. The van der Waals surface area contributed by atoms with Gasteiger partial charge in [0.25, 0.3) is 11.8 Å². The van der Waals surface area contributed by atoms with Crippen molar-refractivity contribution in [1.82, 2.24) is 10.7 Å². The van der Waals surface area contributed by atoms with E-state index in [1.54, 1.807) is 66.7 Å². The lowest BCUT2D eigenvalue weighted by atomic mass is 10.2. The number of amides is 2. The van der Waals surface area contributed by atoms with Gasteiger partial charge in [-0.25, -0.2) is 10.2 Å². The molecule has 0 heterocycles. The Labute approximate surface area is 219 Å². The summed E-state index contributed by atoms with van der Waals surface area (Å²) in [6, 6.07) is 18.4. The van der Waals surface area contributed by atoms with Crippen LogP contribution in [0.1, 0.15) is 33.2 Å². The minimum absolute atomic E-state index is 0.257. The number of nitrogens with one attached hydrogen (secondary N) is 2. The molecular formula is C25H21Br2N3O5. The van der Waals surface area contributed by atoms with E-state index in [4.69, 9.17) is 9.47 Å². The van der Waals surface area contributed by atoms with Crippen molar-refractivity contribution in [3.63, 3.8) is 0 Å². The third-order valence-corrected chi connectivity index (χ3v) is 5.45. The van der Waals surface area contributed by atoms with E-state index in [2.05, 4.69) is 47.7 Å². The fourth-order valence-electron chi connectivity index (χ4n) is 2.83. The first kappa shape index (κ1) is 26.1. The van der Waals surface area contributed by atoms with E-state index in [-0.39, 0.29) is 18.2 Å². The summed E-state index contributed by atoms with van der Waals surface area (Å²) in [5.74, 6) is -0.546. The first-order chi connectivity index (χ1) is 16.9. The van der Waals surface area contributed by atoms with Crippen molar-refractivity contribution in [1.29, 1.82) is 0 Å². The maximum absolute atomic E-state index is 12.6. The number of rotatable bonds is 9. The number of esters is 1. The van der Waals surface area contributed by atoms with Gasteiger partial charge in [0.2, 0.25) is 0 Å². The van der Waals surface area contributed by atoms with Gasteiger partial charge in [0.1, 0.15) is 11.5 Å². The van der Waals surface area contributed by atoms with E-state index in [0.717, 1.165) is 8.95 Å². The van der Waals surface area contributed by atoms with Gasteiger partial charge in [0, 0.05) is 20.1 Å². The van der Waals surface area contributed by atoms with E-state index < -0.39 is 11.9 Å². The van der Waals surface area contributed by atoms with Crippen LogP contribution in [-0.2, 0) is 4.79 Å². The zero-order valence-electron chi connectivity index (χ0n) is 18.6. The predicted octanol–water partition coefficient (Wildman–Crippen LogP) is 4.71. The largest absolute Gasteiger partial charge is 0.494 e. The maximum Gasteiger partial charge on any atom is 0.343 e. The molecule has 3 rings (SSSR count). The lowest BCUT2D eigenvalue weighted by Crippen LogP contribution is -2.34. The Bertz CT molecular complexity index is 1250. The molecule has 10 heteroatoms. The Morgan fingerprint density at radius 2 is 1.69 bits per heavy atom. The van der Waals surface area contributed by atoms with Gasteiger partial charge in [0.15, 0.2) is 0 Å². The average Bonchev–Trinajstić information content (AvgIpc) is 2.84. The Balaban J connectivity index is 1.59. The smallest absolute Gasteiger partial charge is 0.343 e. The van der Waals surface area contributed by atoms with Gasteiger partial charge in [-0.3, -0.25) is 9.59 Å². The molecule has 0 spiro atoms. The van der Waals surface area contributed by atoms with E-state index in [9.17, 15) is 14.4 Å². The first-order valence-electron chi connectivity index (χ1n) is 10.5. The molecule has 0 atom stereocenters. The molecule has 0 saturated heterocycles. The van der Waals surface area contributed by atoms with Gasteiger partial charge in [0.05, 0.1) is 24.9 Å². The molecule has 0 saturated carbocycles. The van der Waals surface area contributed by atoms with Crippen molar-refractivity contribution < 1.29 is 23.9 Å². The predicted molar refractivity (Wildman–Crippen MR) is 139 cm³/mol. The molecule has 3 aromatic carbocycles. The number of nitrogens with zero attached hydrogens (tertiary/aromatic N) is 1. The number of hydrogen-bond acceptors (Lipinski definition) is 6. The molecule has 0 radical (unpaired) electrons. The zero-order valence-corrected chi connectivity index (χ0v) is 21.8. The molecule has 180 valence electrons. The van der Waals surface area contributed by atoms with Crippen molar-refractivity contribution in [2.75, 3.05) is 13.2 Å². The number of carbonyl (C=O) groups excluding carboxylic acids is 3. The SMILES string of the molecule is CCOc1ccc(C(=O)Oc2ccc(Br)cc2C=NNC(=O)CNC(=O)c2cccc(Br)c2)cc1. The molecule has 0 aliphatic rings. The molecule has 0 unspecified atom stereocenters. The molecule has 3 aromatic rings. The van der Waals surface area contributed by atoms with E-state index in [0.29, 0.717) is 29.0 Å². The molecule has 0 fully saturated rings. The van der Waals surface area contributed by atoms with Crippen LogP contribution in [0.25, 0.3) is 0 Å². The maximum atomic E-state index is 12.6. The highest BCUT2D eigenvalue weighted by Crippen LogP contribution is 2.23. The summed E-state index contributed by atoms with van der Waals surface area (Å²) in [4.78, 5) is 36.8. The second-order valence-electron chi connectivity index (χ2n) is 7.02. The Kier molecular flexibility index (Phi) is 9.56. The Hall–Kier alpha value is -3.50. The lowest BCUT2D eigenvalue weighted by molar-refractivity contribution is -0.120. The number of hydrogen-bond donors (Lipinski definition) is 2. The molecule has 0 aromatic heterocycles. The van der Waals surface area contributed by atoms with Crippen LogP contribution in [0.2, 0.25) is 0 Å². The molecule has 2 N–H and O–H groups in total. The van der Waals surface area contributed by atoms with Crippen molar-refractivity contribution >= 4 is 55.9 Å². The highest BCUT2D eigenvalue weighted by atomic mass is 79.9. The number of benzene rings is 3. The minimum Gasteiger partial charge on any atom is -0.494 e. The molecule has 0 aliphatic carbocycles. The van der Waals surface area contributed by atoms with Crippen LogP contribution >= 0.6 is 31.9 Å². The summed E-state index contributed by atoms with van der Waals surface area (Å²) >= 11 is 6.66. The van der Waals surface area contributed by atoms with Crippen molar-refractivity contribution in [2.45, 2.75) is 6.92 Å². The van der Waals surface area contributed by atoms with Crippen LogP contribution in [0.15, 0.2) is 80.8 Å². The van der Waals surface area contributed by atoms with Crippen LogP contribution in [0.3, 0.4) is 0 Å². The van der Waals surface area contributed by atoms with Crippen LogP contribution in [0.4, 0.5) is 0 Å². The quantitative estimate of drug-likeness (QED) is 0.160. The van der Waals surface area contributed by atoms with Gasteiger partial charge >= 0.3 is 5.97 Å². The number of carbonyl (C=O) groups is 3. The first-order valence-corrected chi connectivity index (χ1v) is 12.0. The summed E-state index contributed by atoms with van der Waals surface area (Å²) in [7, 11) is 0. The second-order valence-corrected chi connectivity index (χ2v) is 8.85. The number of ether oxygens (including phenoxy) is 2. The monoisotopic (exact) mass is 601 g/mol. The molecule has 2 amide bonds. The van der Waals surface area contributed by atoms with Gasteiger partial charge in [-0.05, 0) is 67.6 Å². The molecular weight excluding hydrogens is 582 g/mol. The van der Waals surface area contributed by atoms with Crippen LogP contribution in [0, 0.1) is 0 Å². The summed E-state index contributed by atoms with van der Waals surface area (Å²) in [6.07, 6.45) is 1.35. The van der Waals surface area contributed by atoms with Crippen LogP contribution < -0.4 is 20.2 Å². The molecule has 0 bridgehead atoms.